The molecule has 1 unspecified atom stereocenters. The van der Waals surface area contributed by atoms with Gasteiger partial charge in [0.05, 0.1) is 12.5 Å². The van der Waals surface area contributed by atoms with Gasteiger partial charge in [0.1, 0.15) is 11.5 Å². The van der Waals surface area contributed by atoms with Gasteiger partial charge in [0, 0.05) is 13.1 Å². The molecule has 1 amide bonds. The molecule has 1 aromatic carbocycles. The molecular formula is C18H25NO5. The quantitative estimate of drug-likeness (QED) is 0.863. The molecule has 0 aliphatic carbocycles. The molecule has 2 rings (SSSR count). The van der Waals surface area contributed by atoms with E-state index >= 15 is 0 Å². The van der Waals surface area contributed by atoms with E-state index in [0.29, 0.717) is 18.7 Å². The Hall–Kier alpha value is -2.24. The van der Waals surface area contributed by atoms with Crippen LogP contribution in [0.1, 0.15) is 25.8 Å². The molecule has 24 heavy (non-hydrogen) atoms. The Morgan fingerprint density at radius 2 is 2.08 bits per heavy atom. The molecule has 0 saturated carbocycles. The highest BCUT2D eigenvalue weighted by Crippen LogP contribution is 2.38. The summed E-state index contributed by atoms with van der Waals surface area (Å²) < 4.78 is 10.7. The third-order valence-corrected chi connectivity index (χ3v) is 4.91. The average Bonchev–Trinajstić information content (AvgIpc) is 2.99. The topological polar surface area (TPSA) is 76.1 Å². The summed E-state index contributed by atoms with van der Waals surface area (Å²) in [5.74, 6) is 0.301. The smallest absolute Gasteiger partial charge is 0.311 e. The van der Waals surface area contributed by atoms with E-state index in [-0.39, 0.29) is 25.0 Å². The van der Waals surface area contributed by atoms with Gasteiger partial charge in [-0.05, 0) is 43.0 Å². The van der Waals surface area contributed by atoms with Crippen LogP contribution in [0.5, 0.6) is 11.5 Å². The maximum absolute atomic E-state index is 12.3. The van der Waals surface area contributed by atoms with Gasteiger partial charge in [0.25, 0.3) is 5.91 Å². The number of hydrogen-bond acceptors (Lipinski definition) is 4. The van der Waals surface area contributed by atoms with Crippen LogP contribution >= 0.6 is 0 Å². The first-order chi connectivity index (χ1) is 11.3. The lowest BCUT2D eigenvalue weighted by Crippen LogP contribution is -2.41. The van der Waals surface area contributed by atoms with Gasteiger partial charge in [-0.2, -0.15) is 0 Å². The van der Waals surface area contributed by atoms with Crippen molar-refractivity contribution in [1.29, 1.82) is 0 Å². The number of aliphatic carboxylic acids is 1. The molecule has 0 spiro atoms. The predicted octanol–water partition coefficient (Wildman–Crippen LogP) is 2.34. The first kappa shape index (κ1) is 18.1. The van der Waals surface area contributed by atoms with Crippen LogP contribution in [0.3, 0.4) is 0 Å². The van der Waals surface area contributed by atoms with Gasteiger partial charge in [0.2, 0.25) is 0 Å². The third-order valence-electron chi connectivity index (χ3n) is 4.91. The molecule has 1 aliphatic heterocycles. The van der Waals surface area contributed by atoms with Gasteiger partial charge < -0.3 is 19.5 Å². The van der Waals surface area contributed by atoms with Crippen LogP contribution in [0.25, 0.3) is 0 Å². The third kappa shape index (κ3) is 3.47. The summed E-state index contributed by atoms with van der Waals surface area (Å²) in [6.07, 6.45) is 0.480. The van der Waals surface area contributed by atoms with Crippen LogP contribution in [0.2, 0.25) is 0 Å². The van der Waals surface area contributed by atoms with Crippen LogP contribution in [0, 0.1) is 18.3 Å². The van der Waals surface area contributed by atoms with Crippen LogP contribution < -0.4 is 9.47 Å². The van der Waals surface area contributed by atoms with Gasteiger partial charge in [0.15, 0.2) is 6.61 Å². The number of carbonyl (C=O) groups excluding carboxylic acids is 1. The fourth-order valence-electron chi connectivity index (χ4n) is 3.12. The molecule has 1 N–H and O–H groups in total. The van der Waals surface area contributed by atoms with Crippen molar-refractivity contribution < 1.29 is 24.2 Å². The van der Waals surface area contributed by atoms with Crippen molar-refractivity contribution in [2.45, 2.75) is 27.2 Å². The zero-order valence-electron chi connectivity index (χ0n) is 14.7. The minimum atomic E-state index is -0.855. The maximum atomic E-state index is 12.3. The number of carbonyl (C=O) groups is 2. The van der Waals surface area contributed by atoms with Gasteiger partial charge in [-0.3, -0.25) is 9.59 Å². The zero-order valence-corrected chi connectivity index (χ0v) is 14.7. The fraction of sp³-hybridized carbons (Fsp3) is 0.556. The number of rotatable bonds is 6. The molecule has 0 bridgehead atoms. The first-order valence-corrected chi connectivity index (χ1v) is 8.09. The van der Waals surface area contributed by atoms with E-state index in [1.807, 2.05) is 26.8 Å². The summed E-state index contributed by atoms with van der Waals surface area (Å²) in [5, 5.41) is 9.54. The number of ether oxygens (including phenoxy) is 2. The largest absolute Gasteiger partial charge is 0.496 e. The number of benzene rings is 1. The van der Waals surface area contributed by atoms with E-state index in [0.717, 1.165) is 11.3 Å². The van der Waals surface area contributed by atoms with Gasteiger partial charge >= 0.3 is 5.97 Å². The van der Waals surface area contributed by atoms with Crippen molar-refractivity contribution in [2.24, 2.45) is 11.3 Å². The van der Waals surface area contributed by atoms with Gasteiger partial charge in [-0.15, -0.1) is 0 Å². The molecular weight excluding hydrogens is 310 g/mol. The highest BCUT2D eigenvalue weighted by Gasteiger charge is 2.48. The summed E-state index contributed by atoms with van der Waals surface area (Å²) in [7, 11) is 1.60. The van der Waals surface area contributed by atoms with Crippen molar-refractivity contribution in [3.8, 4) is 11.5 Å². The van der Waals surface area contributed by atoms with E-state index < -0.39 is 11.4 Å². The number of carboxylic acids is 1. The predicted molar refractivity (Wildman–Crippen MR) is 89.3 cm³/mol. The zero-order chi connectivity index (χ0) is 17.9. The number of likely N-dealkylation sites (tertiary alicyclic amines) is 1. The molecule has 1 fully saturated rings. The molecule has 1 aliphatic rings. The molecule has 1 atom stereocenters. The van der Waals surface area contributed by atoms with Crippen molar-refractivity contribution in [2.75, 3.05) is 26.8 Å². The second-order valence-corrected chi connectivity index (χ2v) is 6.60. The summed E-state index contributed by atoms with van der Waals surface area (Å²) in [4.78, 5) is 25.6. The summed E-state index contributed by atoms with van der Waals surface area (Å²) >= 11 is 0. The Balaban J connectivity index is 1.96. The van der Waals surface area contributed by atoms with Crippen molar-refractivity contribution in [3.05, 3.63) is 23.8 Å². The van der Waals surface area contributed by atoms with Crippen molar-refractivity contribution in [1.82, 2.24) is 4.90 Å². The van der Waals surface area contributed by atoms with Gasteiger partial charge in [-0.25, -0.2) is 0 Å². The molecule has 1 heterocycles. The number of nitrogens with zero attached hydrogens (tertiary/aromatic N) is 1. The summed E-state index contributed by atoms with van der Waals surface area (Å²) in [6, 6.07) is 5.35. The normalized spacial score (nSPS) is 20.3. The number of hydrogen-bond donors (Lipinski definition) is 1. The second kappa shape index (κ2) is 7.11. The highest BCUT2D eigenvalue weighted by molar-refractivity contribution is 5.81. The SMILES string of the molecule is COc1ccc(OCC(=O)N2CCC(C(=O)O)(C(C)C)C2)cc1C. The highest BCUT2D eigenvalue weighted by atomic mass is 16.5. The van der Waals surface area contributed by atoms with E-state index in [9.17, 15) is 14.7 Å². The molecule has 6 heteroatoms. The van der Waals surface area contributed by atoms with E-state index in [1.165, 1.54) is 0 Å². The summed E-state index contributed by atoms with van der Waals surface area (Å²) in [5.41, 5.74) is 0.0696. The fourth-order valence-corrected chi connectivity index (χ4v) is 3.12. The monoisotopic (exact) mass is 335 g/mol. The number of amides is 1. The maximum Gasteiger partial charge on any atom is 0.311 e. The van der Waals surface area contributed by atoms with E-state index in [4.69, 9.17) is 9.47 Å². The molecule has 1 aromatic rings. The molecule has 0 aromatic heterocycles. The lowest BCUT2D eigenvalue weighted by molar-refractivity contribution is -0.151. The molecule has 0 radical (unpaired) electrons. The molecule has 132 valence electrons. The van der Waals surface area contributed by atoms with Crippen LogP contribution in [-0.4, -0.2) is 48.7 Å². The van der Waals surface area contributed by atoms with Crippen molar-refractivity contribution in [3.63, 3.8) is 0 Å². The lowest BCUT2D eigenvalue weighted by Gasteiger charge is -2.28. The van der Waals surface area contributed by atoms with Crippen LogP contribution in [0.15, 0.2) is 18.2 Å². The lowest BCUT2D eigenvalue weighted by atomic mass is 9.76. The first-order valence-electron chi connectivity index (χ1n) is 8.09. The Morgan fingerprint density at radius 1 is 1.38 bits per heavy atom. The Labute approximate surface area is 142 Å². The number of aryl methyl sites for hydroxylation is 1. The number of carboxylic acid groups (broad SMARTS) is 1. The van der Waals surface area contributed by atoms with Crippen LogP contribution in [0.4, 0.5) is 0 Å². The van der Waals surface area contributed by atoms with Gasteiger partial charge in [-0.1, -0.05) is 13.8 Å². The summed E-state index contributed by atoms with van der Waals surface area (Å²) in [6.45, 7) is 6.27. The Bertz CT molecular complexity index is 628. The van der Waals surface area contributed by atoms with Crippen LogP contribution in [-0.2, 0) is 9.59 Å². The molecule has 1 saturated heterocycles. The van der Waals surface area contributed by atoms with Crippen molar-refractivity contribution >= 4 is 11.9 Å². The minimum Gasteiger partial charge on any atom is -0.496 e. The molecule has 6 nitrogen and oxygen atoms in total. The van der Waals surface area contributed by atoms with E-state index in [2.05, 4.69) is 0 Å². The average molecular weight is 335 g/mol. The minimum absolute atomic E-state index is 0.0297. The number of methoxy groups -OCH3 is 1. The Morgan fingerprint density at radius 3 is 2.58 bits per heavy atom. The van der Waals surface area contributed by atoms with E-state index in [1.54, 1.807) is 24.1 Å². The Kier molecular flexibility index (Phi) is 5.36. The second-order valence-electron chi connectivity index (χ2n) is 6.60. The standard InChI is InChI=1S/C18H25NO5/c1-12(2)18(17(21)22)7-8-19(11-18)16(20)10-24-14-5-6-15(23-4)13(3)9-14/h5-6,9,12H,7-8,10-11H2,1-4H3,(H,21,22).